The SMILES string of the molecule is CCOc1cc(CN2CC3(CC(N4CCC(C)(C(=O)O)CC4)=NO3)C2)cc(C2CC2)c1-c1ccc(F)nc1F. The number of carboxylic acids is 1. The number of carboxylic acid groups (broad SMARTS) is 1. The molecule has 1 aliphatic carbocycles. The van der Waals surface area contributed by atoms with Gasteiger partial charge in [0, 0.05) is 43.9 Å². The Morgan fingerprint density at radius 1 is 1.21 bits per heavy atom. The van der Waals surface area contributed by atoms with Gasteiger partial charge in [0.1, 0.15) is 11.6 Å². The number of benzene rings is 1. The van der Waals surface area contributed by atoms with E-state index in [9.17, 15) is 18.7 Å². The van der Waals surface area contributed by atoms with E-state index in [0.717, 1.165) is 49.3 Å². The zero-order valence-corrected chi connectivity index (χ0v) is 22.4. The third kappa shape index (κ3) is 4.95. The van der Waals surface area contributed by atoms with Gasteiger partial charge in [0.2, 0.25) is 11.9 Å². The van der Waals surface area contributed by atoms with E-state index in [-0.39, 0.29) is 11.2 Å². The normalized spacial score (nSPS) is 21.8. The van der Waals surface area contributed by atoms with Crippen LogP contribution < -0.4 is 4.74 Å². The highest BCUT2D eigenvalue weighted by atomic mass is 19.1. The molecule has 3 fully saturated rings. The van der Waals surface area contributed by atoms with Crippen molar-refractivity contribution in [3.05, 3.63) is 47.3 Å². The minimum absolute atomic E-state index is 0.265. The Hall–Kier alpha value is -3.27. The Bertz CT molecular complexity index is 1310. The summed E-state index contributed by atoms with van der Waals surface area (Å²) in [5, 5.41) is 13.9. The molecule has 1 N–H and O–H groups in total. The standard InChI is InChI=1S/C29H34F2N4O4/c1-3-38-22-13-18(12-21(19-4-5-19)25(22)20-6-7-23(30)32-26(20)31)15-34-16-29(17-34)14-24(33-39-29)35-10-8-28(2,9-11-35)27(36)37/h6-7,12-13,19H,3-5,8-11,14-17H2,1-2H3,(H,36,37). The van der Waals surface area contributed by atoms with Crippen molar-refractivity contribution in [1.82, 2.24) is 14.8 Å². The molecule has 0 amide bonds. The average molecular weight is 541 g/mol. The molecule has 6 rings (SSSR count). The summed E-state index contributed by atoms with van der Waals surface area (Å²) >= 11 is 0. The van der Waals surface area contributed by atoms with E-state index >= 15 is 0 Å². The fraction of sp³-hybridized carbons (Fsp3) is 0.552. The largest absolute Gasteiger partial charge is 0.493 e. The van der Waals surface area contributed by atoms with Gasteiger partial charge in [0.25, 0.3) is 0 Å². The first-order chi connectivity index (χ1) is 18.7. The molecule has 4 heterocycles. The van der Waals surface area contributed by atoms with Crippen LogP contribution in [0.4, 0.5) is 8.78 Å². The number of rotatable bonds is 7. The van der Waals surface area contributed by atoms with Gasteiger partial charge in [0.15, 0.2) is 5.60 Å². The minimum atomic E-state index is -0.842. The van der Waals surface area contributed by atoms with Crippen molar-refractivity contribution in [2.75, 3.05) is 32.8 Å². The first-order valence-electron chi connectivity index (χ1n) is 13.8. The molecule has 208 valence electrons. The summed E-state index contributed by atoms with van der Waals surface area (Å²) in [7, 11) is 0. The predicted octanol–water partition coefficient (Wildman–Crippen LogP) is 4.78. The van der Waals surface area contributed by atoms with Crippen molar-refractivity contribution in [3.63, 3.8) is 0 Å². The van der Waals surface area contributed by atoms with Crippen molar-refractivity contribution in [2.45, 2.75) is 64.0 Å². The summed E-state index contributed by atoms with van der Waals surface area (Å²) in [6, 6.07) is 6.72. The molecule has 0 bridgehead atoms. The second-order valence-electron chi connectivity index (χ2n) is 11.7. The number of likely N-dealkylation sites (tertiary alicyclic amines) is 2. The van der Waals surface area contributed by atoms with Crippen molar-refractivity contribution >= 4 is 11.8 Å². The molecule has 3 aliphatic heterocycles. The highest BCUT2D eigenvalue weighted by Crippen LogP contribution is 2.49. The van der Waals surface area contributed by atoms with E-state index in [2.05, 4.69) is 26.0 Å². The van der Waals surface area contributed by atoms with E-state index < -0.39 is 23.3 Å². The number of carbonyl (C=O) groups is 1. The fourth-order valence-corrected chi connectivity index (χ4v) is 6.11. The maximum Gasteiger partial charge on any atom is 0.309 e. The number of pyridine rings is 1. The fourth-order valence-electron chi connectivity index (χ4n) is 6.11. The molecule has 0 atom stereocenters. The molecule has 0 unspecified atom stereocenters. The van der Waals surface area contributed by atoms with E-state index in [1.165, 1.54) is 12.1 Å². The Morgan fingerprint density at radius 2 is 1.95 bits per heavy atom. The molecule has 1 spiro atoms. The second-order valence-corrected chi connectivity index (χ2v) is 11.7. The number of aromatic nitrogens is 1. The lowest BCUT2D eigenvalue weighted by molar-refractivity contribution is -0.150. The van der Waals surface area contributed by atoms with E-state index in [4.69, 9.17) is 9.57 Å². The Balaban J connectivity index is 1.14. The summed E-state index contributed by atoms with van der Waals surface area (Å²) in [6.45, 7) is 7.66. The van der Waals surface area contributed by atoms with Crippen molar-refractivity contribution < 1.29 is 28.3 Å². The predicted molar refractivity (Wildman–Crippen MR) is 140 cm³/mol. The van der Waals surface area contributed by atoms with Crippen molar-refractivity contribution in [1.29, 1.82) is 0 Å². The first kappa shape index (κ1) is 26.0. The van der Waals surface area contributed by atoms with Gasteiger partial charge < -0.3 is 19.6 Å². The Labute approximate surface area is 226 Å². The van der Waals surface area contributed by atoms with Gasteiger partial charge in [-0.3, -0.25) is 9.69 Å². The number of hydrogen-bond acceptors (Lipinski definition) is 7. The zero-order chi connectivity index (χ0) is 27.4. The molecule has 1 saturated carbocycles. The third-order valence-electron chi connectivity index (χ3n) is 8.60. The summed E-state index contributed by atoms with van der Waals surface area (Å²) in [5.74, 6) is -0.566. The van der Waals surface area contributed by atoms with Crippen molar-refractivity contribution in [2.24, 2.45) is 10.6 Å². The molecule has 10 heteroatoms. The summed E-state index contributed by atoms with van der Waals surface area (Å²) in [6.07, 6.45) is 3.97. The minimum Gasteiger partial charge on any atom is -0.493 e. The number of piperidine rings is 1. The van der Waals surface area contributed by atoms with Crippen LogP contribution in [0.5, 0.6) is 5.75 Å². The lowest BCUT2D eigenvalue weighted by Crippen LogP contribution is -2.61. The molecular formula is C29H34F2N4O4. The second kappa shape index (κ2) is 9.73. The van der Waals surface area contributed by atoms with Crippen LogP contribution in [-0.2, 0) is 16.2 Å². The number of nitrogens with zero attached hydrogens (tertiary/aromatic N) is 4. The molecule has 0 radical (unpaired) electrons. The van der Waals surface area contributed by atoms with Crippen LogP contribution in [0.1, 0.15) is 63.0 Å². The smallest absolute Gasteiger partial charge is 0.309 e. The van der Waals surface area contributed by atoms with Gasteiger partial charge in [-0.15, -0.1) is 0 Å². The van der Waals surface area contributed by atoms with Crippen LogP contribution in [-0.4, -0.2) is 70.1 Å². The summed E-state index contributed by atoms with van der Waals surface area (Å²) in [4.78, 5) is 25.4. The number of oxime groups is 1. The Morgan fingerprint density at radius 3 is 2.59 bits per heavy atom. The van der Waals surface area contributed by atoms with Gasteiger partial charge in [-0.05, 0) is 74.8 Å². The van der Waals surface area contributed by atoms with E-state index in [1.807, 2.05) is 19.9 Å². The number of aliphatic carboxylic acids is 1. The number of hydrogen-bond donors (Lipinski definition) is 1. The molecule has 1 aromatic heterocycles. The molecule has 4 aliphatic rings. The molecule has 39 heavy (non-hydrogen) atoms. The summed E-state index contributed by atoms with van der Waals surface area (Å²) < 4.78 is 34.2. The lowest BCUT2D eigenvalue weighted by atomic mass is 9.80. The first-order valence-corrected chi connectivity index (χ1v) is 13.8. The number of ether oxygens (including phenoxy) is 1. The maximum atomic E-state index is 14.7. The van der Waals surface area contributed by atoms with Crippen molar-refractivity contribution in [3.8, 4) is 16.9 Å². The molecule has 2 saturated heterocycles. The van der Waals surface area contributed by atoms with Gasteiger partial charge in [-0.25, -0.2) is 0 Å². The van der Waals surface area contributed by atoms with Crippen LogP contribution in [0.3, 0.4) is 0 Å². The maximum absolute atomic E-state index is 14.7. The van der Waals surface area contributed by atoms with Gasteiger partial charge >= 0.3 is 5.97 Å². The molecule has 2 aromatic rings. The number of halogens is 2. The van der Waals surface area contributed by atoms with Crippen LogP contribution in [0.15, 0.2) is 29.4 Å². The molecule has 8 nitrogen and oxygen atoms in total. The topological polar surface area (TPSA) is 87.5 Å². The summed E-state index contributed by atoms with van der Waals surface area (Å²) in [5.41, 5.74) is 2.04. The quantitative estimate of drug-likeness (QED) is 0.506. The highest BCUT2D eigenvalue weighted by Gasteiger charge is 2.51. The number of amidine groups is 1. The molecule has 1 aromatic carbocycles. The highest BCUT2D eigenvalue weighted by molar-refractivity contribution is 5.85. The lowest BCUT2D eigenvalue weighted by Gasteiger charge is -2.45. The van der Waals surface area contributed by atoms with Gasteiger partial charge in [-0.2, -0.15) is 13.8 Å². The van der Waals surface area contributed by atoms with Crippen LogP contribution >= 0.6 is 0 Å². The van der Waals surface area contributed by atoms with Gasteiger partial charge in [0.05, 0.1) is 18.4 Å². The Kier molecular flexibility index (Phi) is 6.48. The van der Waals surface area contributed by atoms with E-state index in [1.54, 1.807) is 0 Å². The average Bonchev–Trinajstić information content (AvgIpc) is 3.63. The van der Waals surface area contributed by atoms with Gasteiger partial charge in [-0.1, -0.05) is 11.2 Å². The van der Waals surface area contributed by atoms with Crippen LogP contribution in [0.25, 0.3) is 11.1 Å². The van der Waals surface area contributed by atoms with Crippen LogP contribution in [0, 0.1) is 17.3 Å². The monoisotopic (exact) mass is 540 g/mol. The van der Waals surface area contributed by atoms with E-state index in [0.29, 0.717) is 56.3 Å². The zero-order valence-electron chi connectivity index (χ0n) is 22.4. The third-order valence-corrected chi connectivity index (χ3v) is 8.60. The van der Waals surface area contributed by atoms with Crippen LogP contribution in [0.2, 0.25) is 0 Å². The molecular weight excluding hydrogens is 506 g/mol.